The van der Waals surface area contributed by atoms with Gasteiger partial charge in [0.1, 0.15) is 0 Å². The van der Waals surface area contributed by atoms with Gasteiger partial charge in [0.15, 0.2) is 0 Å². The Labute approximate surface area is 164 Å². The lowest BCUT2D eigenvalue weighted by Crippen LogP contribution is -2.38. The number of anilines is 1. The third-order valence-corrected chi connectivity index (χ3v) is 5.07. The van der Waals surface area contributed by atoms with Gasteiger partial charge < -0.3 is 10.6 Å². The largest absolute Gasteiger partial charge is 0.368 e. The summed E-state index contributed by atoms with van der Waals surface area (Å²) in [6.45, 7) is 2.62. The molecule has 3 heterocycles. The lowest BCUT2D eigenvalue weighted by atomic mass is 9.97. The number of aromatic nitrogens is 3. The lowest BCUT2D eigenvalue weighted by molar-refractivity contribution is 0.0606. The maximum Gasteiger partial charge on any atom is 0.254 e. The second-order valence-corrected chi connectivity index (χ2v) is 7.10. The third kappa shape index (κ3) is 3.71. The number of amides is 1. The third-order valence-electron chi connectivity index (χ3n) is 5.07. The molecule has 0 radical (unpaired) electrons. The van der Waals surface area contributed by atoms with Gasteiger partial charge in [0.05, 0.1) is 17.4 Å². The number of nitrogens with zero attached hydrogens (tertiary/aromatic N) is 4. The number of carbonyl (C=O) groups is 1. The Morgan fingerprint density at radius 2 is 2.00 bits per heavy atom. The molecule has 142 valence electrons. The highest BCUT2D eigenvalue weighted by Crippen LogP contribution is 2.31. The Morgan fingerprint density at radius 1 is 1.11 bits per heavy atom. The summed E-state index contributed by atoms with van der Waals surface area (Å²) >= 11 is 0. The van der Waals surface area contributed by atoms with E-state index >= 15 is 0 Å². The van der Waals surface area contributed by atoms with E-state index in [0.717, 1.165) is 48.5 Å². The molecule has 1 aliphatic rings. The number of rotatable bonds is 3. The molecule has 28 heavy (non-hydrogen) atoms. The number of benzene rings is 1. The molecule has 1 aromatic carbocycles. The summed E-state index contributed by atoms with van der Waals surface area (Å²) in [4.78, 5) is 28.2. The molecule has 1 atom stereocenters. The number of likely N-dealkylation sites (tertiary alicyclic amines) is 1. The minimum Gasteiger partial charge on any atom is -0.368 e. The molecule has 1 aliphatic heterocycles. The number of aryl methyl sites for hydroxylation is 1. The first kappa shape index (κ1) is 18.1. The number of piperidine rings is 1. The van der Waals surface area contributed by atoms with Gasteiger partial charge in [0, 0.05) is 29.6 Å². The second kappa shape index (κ2) is 7.76. The van der Waals surface area contributed by atoms with Crippen molar-refractivity contribution in [1.29, 1.82) is 0 Å². The molecule has 1 amide bonds. The standard InChI is InChI=1S/C22H23N5O/c1-15-13-19(26-22(23)25-15)16-7-6-8-17(14-16)21(28)27-12-5-3-10-20(27)18-9-2-4-11-24-18/h2,4,6-9,11,13-14,20H,3,5,10,12H2,1H3,(H2,23,25,26)/t20-/m0/s1. The van der Waals surface area contributed by atoms with Crippen LogP contribution in [0.4, 0.5) is 5.95 Å². The van der Waals surface area contributed by atoms with Crippen molar-refractivity contribution in [3.63, 3.8) is 0 Å². The molecule has 1 saturated heterocycles. The zero-order chi connectivity index (χ0) is 19.5. The zero-order valence-corrected chi connectivity index (χ0v) is 15.9. The number of nitrogen functional groups attached to an aromatic ring is 1. The number of hydrogen-bond acceptors (Lipinski definition) is 5. The maximum atomic E-state index is 13.3. The smallest absolute Gasteiger partial charge is 0.254 e. The minimum absolute atomic E-state index is 0.0167. The van der Waals surface area contributed by atoms with Gasteiger partial charge in [-0.2, -0.15) is 0 Å². The minimum atomic E-state index is 0.0167. The summed E-state index contributed by atoms with van der Waals surface area (Å²) < 4.78 is 0. The van der Waals surface area contributed by atoms with Crippen LogP contribution in [-0.2, 0) is 0 Å². The first-order chi connectivity index (χ1) is 13.6. The monoisotopic (exact) mass is 373 g/mol. The number of pyridine rings is 1. The van der Waals surface area contributed by atoms with E-state index in [9.17, 15) is 4.79 Å². The molecular formula is C22H23N5O. The van der Waals surface area contributed by atoms with Crippen molar-refractivity contribution in [3.8, 4) is 11.3 Å². The van der Waals surface area contributed by atoms with Gasteiger partial charge in [-0.15, -0.1) is 0 Å². The van der Waals surface area contributed by atoms with Crippen molar-refractivity contribution in [2.24, 2.45) is 0 Å². The fourth-order valence-electron chi connectivity index (χ4n) is 3.77. The van der Waals surface area contributed by atoms with E-state index < -0.39 is 0 Å². The van der Waals surface area contributed by atoms with Crippen molar-refractivity contribution >= 4 is 11.9 Å². The maximum absolute atomic E-state index is 13.3. The number of carbonyl (C=O) groups excluding carboxylic acids is 1. The molecule has 6 nitrogen and oxygen atoms in total. The van der Waals surface area contributed by atoms with Gasteiger partial charge in [0.25, 0.3) is 5.91 Å². The van der Waals surface area contributed by atoms with Gasteiger partial charge in [-0.3, -0.25) is 9.78 Å². The van der Waals surface area contributed by atoms with Crippen molar-refractivity contribution < 1.29 is 4.79 Å². The van der Waals surface area contributed by atoms with Crippen molar-refractivity contribution in [1.82, 2.24) is 19.9 Å². The van der Waals surface area contributed by atoms with Crippen LogP contribution < -0.4 is 5.73 Å². The zero-order valence-electron chi connectivity index (χ0n) is 15.9. The van der Waals surface area contributed by atoms with Crippen molar-refractivity contribution in [2.45, 2.75) is 32.2 Å². The molecular weight excluding hydrogens is 350 g/mol. The van der Waals surface area contributed by atoms with Crippen LogP contribution in [0.3, 0.4) is 0 Å². The van der Waals surface area contributed by atoms with Crippen molar-refractivity contribution in [2.75, 3.05) is 12.3 Å². The van der Waals surface area contributed by atoms with Crippen LogP contribution in [0.5, 0.6) is 0 Å². The first-order valence-corrected chi connectivity index (χ1v) is 9.55. The van der Waals surface area contributed by atoms with Crippen LogP contribution in [-0.4, -0.2) is 32.3 Å². The molecule has 2 N–H and O–H groups in total. The average molecular weight is 373 g/mol. The molecule has 0 spiro atoms. The predicted molar refractivity (Wildman–Crippen MR) is 108 cm³/mol. The fourth-order valence-corrected chi connectivity index (χ4v) is 3.77. The molecule has 4 rings (SSSR count). The molecule has 0 unspecified atom stereocenters. The highest BCUT2D eigenvalue weighted by Gasteiger charge is 2.29. The quantitative estimate of drug-likeness (QED) is 0.755. The Balaban J connectivity index is 1.65. The van der Waals surface area contributed by atoms with Gasteiger partial charge in [-0.25, -0.2) is 9.97 Å². The number of nitrogens with two attached hydrogens (primary N) is 1. The Hall–Kier alpha value is -3.28. The number of hydrogen-bond donors (Lipinski definition) is 1. The van der Waals surface area contributed by atoms with Crippen molar-refractivity contribution in [3.05, 3.63) is 71.7 Å². The lowest BCUT2D eigenvalue weighted by Gasteiger charge is -2.35. The topological polar surface area (TPSA) is 85.0 Å². The van der Waals surface area contributed by atoms with E-state index in [1.807, 2.05) is 60.4 Å². The van der Waals surface area contributed by atoms with Crippen LogP contribution in [0.25, 0.3) is 11.3 Å². The van der Waals surface area contributed by atoms with Crippen LogP contribution >= 0.6 is 0 Å². The molecule has 0 saturated carbocycles. The van der Waals surface area contributed by atoms with E-state index in [2.05, 4.69) is 15.0 Å². The van der Waals surface area contributed by atoms with E-state index in [4.69, 9.17) is 5.73 Å². The molecule has 0 aliphatic carbocycles. The predicted octanol–water partition coefficient (Wildman–Crippen LogP) is 3.80. The van der Waals surface area contributed by atoms with Gasteiger partial charge in [0.2, 0.25) is 5.95 Å². The van der Waals surface area contributed by atoms with E-state index in [1.54, 1.807) is 6.20 Å². The molecule has 2 aromatic heterocycles. The highest BCUT2D eigenvalue weighted by atomic mass is 16.2. The molecule has 6 heteroatoms. The Kier molecular flexibility index (Phi) is 5.02. The van der Waals surface area contributed by atoms with Crippen LogP contribution in [0, 0.1) is 6.92 Å². The Morgan fingerprint density at radius 3 is 2.79 bits per heavy atom. The van der Waals surface area contributed by atoms with E-state index in [-0.39, 0.29) is 17.9 Å². The first-order valence-electron chi connectivity index (χ1n) is 9.55. The van der Waals surface area contributed by atoms with E-state index in [1.165, 1.54) is 0 Å². The summed E-state index contributed by atoms with van der Waals surface area (Å²) in [7, 11) is 0. The highest BCUT2D eigenvalue weighted by molar-refractivity contribution is 5.95. The summed E-state index contributed by atoms with van der Waals surface area (Å²) in [6.07, 6.45) is 4.83. The van der Waals surface area contributed by atoms with Crippen LogP contribution in [0.1, 0.15) is 47.1 Å². The van der Waals surface area contributed by atoms with Crippen LogP contribution in [0.15, 0.2) is 54.7 Å². The Bertz CT molecular complexity index is 969. The molecule has 0 bridgehead atoms. The fraction of sp³-hybridized carbons (Fsp3) is 0.273. The molecule has 1 fully saturated rings. The van der Waals surface area contributed by atoms with Crippen LogP contribution in [0.2, 0.25) is 0 Å². The van der Waals surface area contributed by atoms with Gasteiger partial charge in [-0.1, -0.05) is 18.2 Å². The average Bonchev–Trinajstić information content (AvgIpc) is 2.73. The summed E-state index contributed by atoms with van der Waals surface area (Å²) in [5, 5.41) is 0. The normalized spacial score (nSPS) is 16.8. The second-order valence-electron chi connectivity index (χ2n) is 7.10. The summed E-state index contributed by atoms with van der Waals surface area (Å²) in [5.74, 6) is 0.258. The summed E-state index contributed by atoms with van der Waals surface area (Å²) in [5.41, 5.74) is 9.76. The van der Waals surface area contributed by atoms with E-state index in [0.29, 0.717) is 5.56 Å². The van der Waals surface area contributed by atoms with Gasteiger partial charge in [-0.05, 0) is 56.5 Å². The SMILES string of the molecule is Cc1cc(-c2cccc(C(=O)N3CCCC[C@H]3c3ccccn3)c2)nc(N)n1. The summed E-state index contributed by atoms with van der Waals surface area (Å²) in [6, 6.07) is 15.3. The van der Waals surface area contributed by atoms with Gasteiger partial charge >= 0.3 is 0 Å². The molecule has 3 aromatic rings.